The van der Waals surface area contributed by atoms with Gasteiger partial charge in [-0.3, -0.25) is 24.6 Å². The molecule has 2 fully saturated rings. The van der Waals surface area contributed by atoms with Gasteiger partial charge in [-0.15, -0.1) is 0 Å². The van der Waals surface area contributed by atoms with E-state index in [-0.39, 0.29) is 28.3 Å². The molecule has 0 aliphatic carbocycles. The van der Waals surface area contributed by atoms with Crippen molar-refractivity contribution < 1.29 is 14.5 Å². The Hall–Kier alpha value is -4.37. The Kier molecular flexibility index (Phi) is 7.13. The van der Waals surface area contributed by atoms with Gasteiger partial charge in [-0.05, 0) is 91.0 Å². The van der Waals surface area contributed by atoms with E-state index < -0.39 is 0 Å². The standard InChI is InChI=1S/C32H30N4O4S/c1-21-17-25(22(2)35(21)26-13-14-28(29(19-26)36(39)40)33-15-6-3-7-16-33)18-30-31(37)34(32(38)41-30)20-24-11-8-10-23-9-4-5-12-27(23)24/h4-5,8-14,17-19H,3,6-7,15-16,20H2,1-2H3/b30-18-. The highest BCUT2D eigenvalue weighted by Crippen LogP contribution is 2.37. The molecule has 3 aromatic carbocycles. The average molecular weight is 567 g/mol. The van der Waals surface area contributed by atoms with Crippen molar-refractivity contribution >= 4 is 51.1 Å². The molecule has 0 atom stereocenters. The number of piperidine rings is 1. The smallest absolute Gasteiger partial charge is 0.294 e. The molecule has 2 saturated heterocycles. The highest BCUT2D eigenvalue weighted by atomic mass is 32.2. The predicted molar refractivity (Wildman–Crippen MR) is 163 cm³/mol. The van der Waals surface area contributed by atoms with Gasteiger partial charge in [0.2, 0.25) is 0 Å². The van der Waals surface area contributed by atoms with Gasteiger partial charge in [0.1, 0.15) is 5.69 Å². The van der Waals surface area contributed by atoms with Gasteiger partial charge in [0, 0.05) is 30.5 Å². The van der Waals surface area contributed by atoms with Crippen LogP contribution < -0.4 is 4.90 Å². The molecule has 4 aromatic rings. The SMILES string of the molecule is Cc1cc(/C=C2\SC(=O)N(Cc3cccc4ccccc34)C2=O)c(C)n1-c1ccc(N2CCCCC2)c([N+](=O)[O-])c1. The molecule has 2 aliphatic rings. The van der Waals surface area contributed by atoms with Gasteiger partial charge >= 0.3 is 0 Å². The number of nitrogens with zero attached hydrogens (tertiary/aromatic N) is 4. The van der Waals surface area contributed by atoms with E-state index in [4.69, 9.17) is 0 Å². The maximum Gasteiger partial charge on any atom is 0.294 e. The van der Waals surface area contributed by atoms with E-state index in [2.05, 4.69) is 4.90 Å². The van der Waals surface area contributed by atoms with Crippen LogP contribution in [0, 0.1) is 24.0 Å². The Balaban J connectivity index is 1.29. The molecule has 0 bridgehead atoms. The van der Waals surface area contributed by atoms with Crippen molar-refractivity contribution in [3.8, 4) is 5.69 Å². The highest BCUT2D eigenvalue weighted by molar-refractivity contribution is 8.18. The molecule has 0 saturated carbocycles. The molecule has 0 radical (unpaired) electrons. The first-order valence-corrected chi connectivity index (χ1v) is 14.6. The third kappa shape index (κ3) is 5.02. The minimum atomic E-state index is -0.320. The molecular formula is C32H30N4O4S. The number of nitro benzene ring substituents is 1. The number of thioether (sulfide) groups is 1. The second-order valence-corrected chi connectivity index (χ2v) is 11.5. The summed E-state index contributed by atoms with van der Waals surface area (Å²) < 4.78 is 1.96. The number of anilines is 1. The Morgan fingerprint density at radius 2 is 1.71 bits per heavy atom. The quantitative estimate of drug-likeness (QED) is 0.137. The Labute approximate surface area is 242 Å². The number of hydrogen-bond acceptors (Lipinski definition) is 6. The summed E-state index contributed by atoms with van der Waals surface area (Å²) in [6.07, 6.45) is 4.97. The van der Waals surface area contributed by atoms with E-state index in [9.17, 15) is 19.7 Å². The lowest BCUT2D eigenvalue weighted by Gasteiger charge is -2.28. The number of imide groups is 1. The Morgan fingerprint density at radius 1 is 0.951 bits per heavy atom. The predicted octanol–water partition coefficient (Wildman–Crippen LogP) is 7.38. The van der Waals surface area contributed by atoms with Crippen molar-refractivity contribution in [1.29, 1.82) is 0 Å². The lowest BCUT2D eigenvalue weighted by molar-refractivity contribution is -0.384. The monoisotopic (exact) mass is 566 g/mol. The number of aromatic nitrogens is 1. The second kappa shape index (κ2) is 10.9. The number of aryl methyl sites for hydroxylation is 1. The lowest BCUT2D eigenvalue weighted by Crippen LogP contribution is -2.30. The molecule has 2 amide bonds. The second-order valence-electron chi connectivity index (χ2n) is 10.5. The Morgan fingerprint density at radius 3 is 2.49 bits per heavy atom. The number of benzene rings is 3. The van der Waals surface area contributed by atoms with Crippen LogP contribution in [0.3, 0.4) is 0 Å². The van der Waals surface area contributed by atoms with Crippen LogP contribution in [-0.4, -0.2) is 38.6 Å². The summed E-state index contributed by atoms with van der Waals surface area (Å²) >= 11 is 0.939. The van der Waals surface area contributed by atoms with Gasteiger partial charge < -0.3 is 9.47 Å². The van der Waals surface area contributed by atoms with Gasteiger partial charge in [-0.1, -0.05) is 42.5 Å². The first-order valence-electron chi connectivity index (χ1n) is 13.8. The molecule has 6 rings (SSSR count). The van der Waals surface area contributed by atoms with Crippen molar-refractivity contribution in [1.82, 2.24) is 9.47 Å². The fourth-order valence-electron chi connectivity index (χ4n) is 5.91. The van der Waals surface area contributed by atoms with E-state index in [0.717, 1.165) is 77.4 Å². The van der Waals surface area contributed by atoms with Crippen molar-refractivity contribution in [2.24, 2.45) is 0 Å². The van der Waals surface area contributed by atoms with Gasteiger partial charge in [0.15, 0.2) is 0 Å². The van der Waals surface area contributed by atoms with Gasteiger partial charge in [-0.2, -0.15) is 0 Å². The molecule has 9 heteroatoms. The number of fused-ring (bicyclic) bond motifs is 1. The topological polar surface area (TPSA) is 88.7 Å². The van der Waals surface area contributed by atoms with Crippen molar-refractivity contribution in [2.75, 3.05) is 18.0 Å². The van der Waals surface area contributed by atoms with E-state index in [1.165, 1.54) is 4.90 Å². The molecule has 1 aromatic heterocycles. The van der Waals surface area contributed by atoms with Crippen LogP contribution in [0.25, 0.3) is 22.5 Å². The minimum Gasteiger partial charge on any atom is -0.366 e. The van der Waals surface area contributed by atoms with E-state index >= 15 is 0 Å². The summed E-state index contributed by atoms with van der Waals surface area (Å²) in [6, 6.07) is 21.1. The molecule has 0 N–H and O–H groups in total. The van der Waals surface area contributed by atoms with E-state index in [0.29, 0.717) is 16.3 Å². The maximum atomic E-state index is 13.4. The molecular weight excluding hydrogens is 536 g/mol. The zero-order valence-electron chi connectivity index (χ0n) is 23.0. The third-order valence-electron chi connectivity index (χ3n) is 7.95. The van der Waals surface area contributed by atoms with Gasteiger partial charge in [-0.25, -0.2) is 0 Å². The van der Waals surface area contributed by atoms with Crippen LogP contribution in [0.5, 0.6) is 0 Å². The normalized spacial score (nSPS) is 16.8. The fraction of sp³-hybridized carbons (Fsp3) is 0.250. The fourth-order valence-corrected chi connectivity index (χ4v) is 6.74. The van der Waals surface area contributed by atoms with E-state index in [1.54, 1.807) is 12.1 Å². The van der Waals surface area contributed by atoms with Crippen LogP contribution in [-0.2, 0) is 11.3 Å². The first kappa shape index (κ1) is 26.8. The molecule has 0 unspecified atom stereocenters. The van der Waals surface area contributed by atoms with Crippen molar-refractivity contribution in [2.45, 2.75) is 39.7 Å². The number of carbonyl (C=O) groups is 2. The Bertz CT molecular complexity index is 1730. The molecule has 2 aliphatic heterocycles. The largest absolute Gasteiger partial charge is 0.366 e. The van der Waals surface area contributed by atoms with Gasteiger partial charge in [0.05, 0.1) is 22.1 Å². The minimum absolute atomic E-state index is 0.0907. The number of carbonyl (C=O) groups excluding carboxylic acids is 2. The van der Waals surface area contributed by atoms with Crippen LogP contribution >= 0.6 is 11.8 Å². The number of amides is 2. The van der Waals surface area contributed by atoms with Crippen LogP contribution in [0.15, 0.2) is 71.6 Å². The van der Waals surface area contributed by atoms with Crippen LogP contribution in [0.2, 0.25) is 0 Å². The molecule has 3 heterocycles. The first-order chi connectivity index (χ1) is 19.8. The zero-order chi connectivity index (χ0) is 28.7. The van der Waals surface area contributed by atoms with Crippen molar-refractivity contribution in [3.63, 3.8) is 0 Å². The van der Waals surface area contributed by atoms with Crippen LogP contribution in [0.1, 0.15) is 41.8 Å². The summed E-state index contributed by atoms with van der Waals surface area (Å²) in [5.74, 6) is -0.320. The molecule has 0 spiro atoms. The molecule has 8 nitrogen and oxygen atoms in total. The third-order valence-corrected chi connectivity index (χ3v) is 8.86. The van der Waals surface area contributed by atoms with E-state index in [1.807, 2.05) is 79.1 Å². The molecule has 41 heavy (non-hydrogen) atoms. The van der Waals surface area contributed by atoms with Gasteiger partial charge in [0.25, 0.3) is 16.8 Å². The summed E-state index contributed by atoms with van der Waals surface area (Å²) in [7, 11) is 0. The summed E-state index contributed by atoms with van der Waals surface area (Å²) in [5, 5.41) is 13.8. The lowest BCUT2D eigenvalue weighted by atomic mass is 10.0. The summed E-state index contributed by atoms with van der Waals surface area (Å²) in [4.78, 5) is 41.8. The number of nitro groups is 1. The molecule has 208 valence electrons. The number of hydrogen-bond donors (Lipinski definition) is 0. The highest BCUT2D eigenvalue weighted by Gasteiger charge is 2.35. The van der Waals surface area contributed by atoms with Crippen LogP contribution in [0.4, 0.5) is 16.2 Å². The summed E-state index contributed by atoms with van der Waals surface area (Å²) in [5.41, 5.74) is 4.86. The zero-order valence-corrected chi connectivity index (χ0v) is 23.8. The number of rotatable bonds is 6. The summed E-state index contributed by atoms with van der Waals surface area (Å²) in [6.45, 7) is 5.70. The maximum absolute atomic E-state index is 13.4. The van der Waals surface area contributed by atoms with Crippen molar-refractivity contribution in [3.05, 3.63) is 104 Å². The average Bonchev–Trinajstić information content (AvgIpc) is 3.41.